The summed E-state index contributed by atoms with van der Waals surface area (Å²) in [4.78, 5) is 5.02. The molecule has 3 heteroatoms. The number of benzene rings is 1. The molecule has 106 valence electrons. The summed E-state index contributed by atoms with van der Waals surface area (Å²) in [6, 6.07) is 8.71. The molecule has 0 spiro atoms. The molecule has 2 rings (SSSR count). The monoisotopic (exact) mass is 261 g/mol. The van der Waals surface area contributed by atoms with E-state index in [0.29, 0.717) is 0 Å². The first-order valence-electron chi connectivity index (χ1n) is 7.23. The van der Waals surface area contributed by atoms with E-state index < -0.39 is 0 Å². The first-order valence-corrected chi connectivity index (χ1v) is 7.23. The van der Waals surface area contributed by atoms with Crippen molar-refractivity contribution in [2.75, 3.05) is 33.2 Å². The van der Waals surface area contributed by atoms with Crippen molar-refractivity contribution in [3.05, 3.63) is 35.4 Å². The fourth-order valence-electron chi connectivity index (χ4n) is 2.83. The highest BCUT2D eigenvalue weighted by molar-refractivity contribution is 5.27. The summed E-state index contributed by atoms with van der Waals surface area (Å²) in [7, 11) is 2.22. The summed E-state index contributed by atoms with van der Waals surface area (Å²) in [6.07, 6.45) is 0.979. The van der Waals surface area contributed by atoms with Crippen LogP contribution in [0.15, 0.2) is 24.3 Å². The third-order valence-electron chi connectivity index (χ3n) is 4.32. The van der Waals surface area contributed by atoms with Crippen molar-refractivity contribution in [1.82, 2.24) is 9.80 Å². The SMILES string of the molecule is CN1CCN(Cc2ccccc2CCN)CC1(C)C. The molecule has 1 saturated heterocycles. The lowest BCUT2D eigenvalue weighted by Crippen LogP contribution is -2.57. The molecule has 0 radical (unpaired) electrons. The van der Waals surface area contributed by atoms with Gasteiger partial charge >= 0.3 is 0 Å². The highest BCUT2D eigenvalue weighted by Gasteiger charge is 2.30. The standard InChI is InChI=1S/C16H27N3/c1-16(2)13-19(11-10-18(16)3)12-15-7-5-4-6-14(15)8-9-17/h4-7H,8-13,17H2,1-3H3. The van der Waals surface area contributed by atoms with Crippen molar-refractivity contribution in [3.63, 3.8) is 0 Å². The molecule has 0 atom stereocenters. The van der Waals surface area contributed by atoms with Gasteiger partial charge in [0, 0.05) is 31.7 Å². The number of likely N-dealkylation sites (N-methyl/N-ethyl adjacent to an activating group) is 1. The highest BCUT2D eigenvalue weighted by Crippen LogP contribution is 2.21. The Morgan fingerprint density at radius 1 is 1.16 bits per heavy atom. The smallest absolute Gasteiger partial charge is 0.0277 e. The van der Waals surface area contributed by atoms with E-state index in [0.717, 1.165) is 39.1 Å². The van der Waals surface area contributed by atoms with Gasteiger partial charge in [-0.05, 0) is 45.0 Å². The van der Waals surface area contributed by atoms with E-state index in [-0.39, 0.29) is 5.54 Å². The Bertz CT molecular complexity index is 414. The van der Waals surface area contributed by atoms with Crippen molar-refractivity contribution >= 4 is 0 Å². The molecule has 0 aliphatic carbocycles. The Kier molecular flexibility index (Phi) is 4.61. The average Bonchev–Trinajstić information content (AvgIpc) is 2.36. The minimum atomic E-state index is 0.265. The minimum Gasteiger partial charge on any atom is -0.330 e. The predicted octanol–water partition coefficient (Wildman–Crippen LogP) is 1.71. The van der Waals surface area contributed by atoms with Gasteiger partial charge in [-0.1, -0.05) is 24.3 Å². The van der Waals surface area contributed by atoms with Gasteiger partial charge in [0.1, 0.15) is 0 Å². The third-order valence-corrected chi connectivity index (χ3v) is 4.32. The van der Waals surface area contributed by atoms with Crippen LogP contribution in [0.25, 0.3) is 0 Å². The van der Waals surface area contributed by atoms with Gasteiger partial charge in [0.25, 0.3) is 0 Å². The van der Waals surface area contributed by atoms with E-state index in [2.05, 4.69) is 55.0 Å². The van der Waals surface area contributed by atoms with E-state index in [9.17, 15) is 0 Å². The van der Waals surface area contributed by atoms with Crippen molar-refractivity contribution in [1.29, 1.82) is 0 Å². The zero-order valence-corrected chi connectivity index (χ0v) is 12.5. The molecule has 0 unspecified atom stereocenters. The van der Waals surface area contributed by atoms with Crippen LogP contribution in [0.1, 0.15) is 25.0 Å². The van der Waals surface area contributed by atoms with Crippen LogP contribution in [0.4, 0.5) is 0 Å². The molecule has 3 nitrogen and oxygen atoms in total. The fourth-order valence-corrected chi connectivity index (χ4v) is 2.83. The third kappa shape index (κ3) is 3.56. The van der Waals surface area contributed by atoms with Gasteiger partial charge in [-0.3, -0.25) is 9.80 Å². The molecule has 0 amide bonds. The van der Waals surface area contributed by atoms with Crippen molar-refractivity contribution in [2.45, 2.75) is 32.4 Å². The van der Waals surface area contributed by atoms with Crippen LogP contribution in [-0.4, -0.2) is 48.6 Å². The molecule has 0 bridgehead atoms. The van der Waals surface area contributed by atoms with Gasteiger partial charge in [0.05, 0.1) is 0 Å². The maximum absolute atomic E-state index is 5.70. The quantitative estimate of drug-likeness (QED) is 0.895. The molecule has 2 N–H and O–H groups in total. The molecule has 0 aromatic heterocycles. The zero-order chi connectivity index (χ0) is 13.9. The zero-order valence-electron chi connectivity index (χ0n) is 12.5. The topological polar surface area (TPSA) is 32.5 Å². The molecule has 1 aromatic rings. The Hall–Kier alpha value is -0.900. The molecule has 1 fully saturated rings. The lowest BCUT2D eigenvalue weighted by molar-refractivity contribution is 0.0359. The summed E-state index contributed by atoms with van der Waals surface area (Å²) < 4.78 is 0. The summed E-state index contributed by atoms with van der Waals surface area (Å²) >= 11 is 0. The summed E-state index contributed by atoms with van der Waals surface area (Å²) in [6.45, 7) is 9.85. The maximum Gasteiger partial charge on any atom is 0.0277 e. The van der Waals surface area contributed by atoms with Gasteiger partial charge in [-0.2, -0.15) is 0 Å². The van der Waals surface area contributed by atoms with E-state index in [1.165, 1.54) is 11.1 Å². The first-order chi connectivity index (χ1) is 9.03. The largest absolute Gasteiger partial charge is 0.330 e. The normalized spacial score (nSPS) is 20.6. The number of hydrogen-bond donors (Lipinski definition) is 1. The number of nitrogens with zero attached hydrogens (tertiary/aromatic N) is 2. The fraction of sp³-hybridized carbons (Fsp3) is 0.625. The first kappa shape index (κ1) is 14.5. The van der Waals surface area contributed by atoms with E-state index in [4.69, 9.17) is 5.73 Å². The van der Waals surface area contributed by atoms with Crippen LogP contribution in [0, 0.1) is 0 Å². The Balaban J connectivity index is 2.05. The Morgan fingerprint density at radius 2 is 1.84 bits per heavy atom. The van der Waals surface area contributed by atoms with Crippen LogP contribution >= 0.6 is 0 Å². The van der Waals surface area contributed by atoms with Gasteiger partial charge in [-0.25, -0.2) is 0 Å². The Labute approximate surface area is 117 Å². The number of piperazine rings is 1. The lowest BCUT2D eigenvalue weighted by Gasteiger charge is -2.45. The van der Waals surface area contributed by atoms with Crippen LogP contribution in [0.3, 0.4) is 0 Å². The second-order valence-electron chi connectivity index (χ2n) is 6.25. The van der Waals surface area contributed by atoms with E-state index in [1.54, 1.807) is 0 Å². The molecule has 1 heterocycles. The van der Waals surface area contributed by atoms with Gasteiger partial charge < -0.3 is 5.73 Å². The average molecular weight is 261 g/mol. The van der Waals surface area contributed by atoms with Crippen LogP contribution in [0.2, 0.25) is 0 Å². The van der Waals surface area contributed by atoms with Crippen LogP contribution in [-0.2, 0) is 13.0 Å². The molecular weight excluding hydrogens is 234 g/mol. The van der Waals surface area contributed by atoms with Crippen molar-refractivity contribution < 1.29 is 0 Å². The molecule has 1 aliphatic rings. The molecule has 1 aromatic carbocycles. The summed E-state index contributed by atoms with van der Waals surface area (Å²) in [5, 5.41) is 0. The molecule has 19 heavy (non-hydrogen) atoms. The second-order valence-corrected chi connectivity index (χ2v) is 6.25. The summed E-state index contributed by atoms with van der Waals surface area (Å²) in [5.41, 5.74) is 8.81. The Morgan fingerprint density at radius 3 is 2.47 bits per heavy atom. The van der Waals surface area contributed by atoms with E-state index in [1.807, 2.05) is 0 Å². The van der Waals surface area contributed by atoms with Crippen molar-refractivity contribution in [3.8, 4) is 0 Å². The number of nitrogens with two attached hydrogens (primary N) is 1. The molecule has 1 aliphatic heterocycles. The molecule has 0 saturated carbocycles. The second kappa shape index (κ2) is 6.04. The number of rotatable bonds is 4. The maximum atomic E-state index is 5.70. The highest BCUT2D eigenvalue weighted by atomic mass is 15.3. The number of hydrogen-bond acceptors (Lipinski definition) is 3. The molecular formula is C16H27N3. The minimum absolute atomic E-state index is 0.265. The van der Waals surface area contributed by atoms with Crippen molar-refractivity contribution in [2.24, 2.45) is 5.73 Å². The van der Waals surface area contributed by atoms with Gasteiger partial charge in [-0.15, -0.1) is 0 Å². The van der Waals surface area contributed by atoms with E-state index >= 15 is 0 Å². The predicted molar refractivity (Wildman–Crippen MR) is 81.2 cm³/mol. The lowest BCUT2D eigenvalue weighted by atomic mass is 9.98. The van der Waals surface area contributed by atoms with Gasteiger partial charge in [0.15, 0.2) is 0 Å². The van der Waals surface area contributed by atoms with Crippen LogP contribution < -0.4 is 5.73 Å². The summed E-state index contributed by atoms with van der Waals surface area (Å²) in [5.74, 6) is 0. The van der Waals surface area contributed by atoms with Crippen LogP contribution in [0.5, 0.6) is 0 Å². The van der Waals surface area contributed by atoms with Gasteiger partial charge in [0.2, 0.25) is 0 Å².